The predicted octanol–water partition coefficient (Wildman–Crippen LogP) is 5.18. The Hall–Kier alpha value is -4.59. The summed E-state index contributed by atoms with van der Waals surface area (Å²) in [5.74, 6) is 0.0763. The third-order valence-corrected chi connectivity index (χ3v) is 6.56. The Kier molecular flexibility index (Phi) is 7.13. The Morgan fingerprint density at radius 3 is 2.55 bits per heavy atom. The van der Waals surface area contributed by atoms with Crippen LogP contribution in [0.1, 0.15) is 40.7 Å². The molecule has 2 aromatic carbocycles. The van der Waals surface area contributed by atoms with Gasteiger partial charge in [0.25, 0.3) is 11.7 Å². The van der Waals surface area contributed by atoms with Crippen LogP contribution in [-0.4, -0.2) is 37.8 Å². The van der Waals surface area contributed by atoms with Crippen LogP contribution in [0.25, 0.3) is 5.76 Å². The number of benzene rings is 2. The average molecular weight is 512 g/mol. The number of carbonyl (C=O) groups excluding carboxylic acids is 2. The zero-order valence-corrected chi connectivity index (χ0v) is 21.3. The van der Waals surface area contributed by atoms with Crippen molar-refractivity contribution < 1.29 is 23.8 Å². The lowest BCUT2D eigenvalue weighted by molar-refractivity contribution is -0.140. The van der Waals surface area contributed by atoms with Gasteiger partial charge in [-0.3, -0.25) is 9.59 Å². The van der Waals surface area contributed by atoms with Gasteiger partial charge >= 0.3 is 0 Å². The van der Waals surface area contributed by atoms with E-state index < -0.39 is 17.7 Å². The summed E-state index contributed by atoms with van der Waals surface area (Å²) < 4.78 is 13.6. The third kappa shape index (κ3) is 5.25. The molecule has 2 aromatic heterocycles. The van der Waals surface area contributed by atoms with Crippen LogP contribution in [0.4, 0.5) is 0 Å². The number of furan rings is 1. The van der Waals surface area contributed by atoms with E-state index in [-0.39, 0.29) is 11.3 Å². The van der Waals surface area contributed by atoms with Gasteiger partial charge in [-0.15, -0.1) is 0 Å². The zero-order chi connectivity index (χ0) is 26.6. The fourth-order valence-corrected chi connectivity index (χ4v) is 4.68. The molecule has 8 heteroatoms. The zero-order valence-electron chi connectivity index (χ0n) is 21.3. The second-order valence-electron chi connectivity index (χ2n) is 9.40. The lowest BCUT2D eigenvalue weighted by Gasteiger charge is -2.23. The topological polar surface area (TPSA) is 97.8 Å². The molecule has 3 heterocycles. The van der Waals surface area contributed by atoms with Gasteiger partial charge in [-0.25, -0.2) is 4.98 Å². The van der Waals surface area contributed by atoms with Crippen molar-refractivity contribution in [1.82, 2.24) is 14.5 Å². The van der Waals surface area contributed by atoms with Gasteiger partial charge in [0.15, 0.2) is 0 Å². The van der Waals surface area contributed by atoms with Crippen molar-refractivity contribution in [3.8, 4) is 5.75 Å². The number of aromatic nitrogens is 2. The SMILES string of the molecule is Cc1cccc(COc2ccc(/C(O)=C3\C(=O)C(=O)N(CCCn4ccnc4)[C@H]3c3ccc(C)o3)cc2)c1. The van der Waals surface area contributed by atoms with Gasteiger partial charge in [-0.05, 0) is 62.2 Å². The number of carbonyl (C=O) groups is 2. The number of Topliss-reactive ketones (excluding diaryl/α,β-unsaturated/α-hetero) is 1. The maximum Gasteiger partial charge on any atom is 0.295 e. The summed E-state index contributed by atoms with van der Waals surface area (Å²) in [6.45, 7) is 5.19. The fraction of sp³-hybridized carbons (Fsp3) is 0.233. The third-order valence-electron chi connectivity index (χ3n) is 6.56. The Morgan fingerprint density at radius 2 is 1.87 bits per heavy atom. The maximum atomic E-state index is 13.2. The van der Waals surface area contributed by atoms with Gasteiger partial charge < -0.3 is 23.7 Å². The molecular formula is C30H29N3O5. The number of hydrogen-bond acceptors (Lipinski definition) is 6. The van der Waals surface area contributed by atoms with Crippen molar-refractivity contribution in [2.45, 2.75) is 39.5 Å². The number of hydrogen-bond donors (Lipinski definition) is 1. The molecule has 1 amide bonds. The first-order valence-corrected chi connectivity index (χ1v) is 12.5. The summed E-state index contributed by atoms with van der Waals surface area (Å²) in [6, 6.07) is 17.6. The van der Waals surface area contributed by atoms with Crippen LogP contribution >= 0.6 is 0 Å². The summed E-state index contributed by atoms with van der Waals surface area (Å²) in [7, 11) is 0. The highest BCUT2D eigenvalue weighted by Crippen LogP contribution is 2.40. The average Bonchev–Trinajstić information content (AvgIpc) is 3.64. The van der Waals surface area contributed by atoms with Crippen LogP contribution in [-0.2, 0) is 22.7 Å². The minimum atomic E-state index is -0.816. The van der Waals surface area contributed by atoms with Crippen LogP contribution in [0.3, 0.4) is 0 Å². The molecule has 8 nitrogen and oxygen atoms in total. The molecule has 1 atom stereocenters. The molecule has 1 aliphatic heterocycles. The van der Waals surface area contributed by atoms with Gasteiger partial charge in [0, 0.05) is 31.0 Å². The summed E-state index contributed by atoms with van der Waals surface area (Å²) in [4.78, 5) is 31.8. The van der Waals surface area contributed by atoms with Crippen molar-refractivity contribution >= 4 is 17.4 Å². The number of imidazole rings is 1. The molecule has 0 saturated carbocycles. The second kappa shape index (κ2) is 10.8. The van der Waals surface area contributed by atoms with Crippen molar-refractivity contribution in [2.75, 3.05) is 6.54 Å². The number of ether oxygens (including phenoxy) is 1. The highest BCUT2D eigenvalue weighted by atomic mass is 16.5. The number of amides is 1. The summed E-state index contributed by atoms with van der Waals surface area (Å²) in [5.41, 5.74) is 2.64. The molecule has 38 heavy (non-hydrogen) atoms. The predicted molar refractivity (Wildman–Crippen MR) is 141 cm³/mol. The van der Waals surface area contributed by atoms with Gasteiger partial charge in [0.05, 0.1) is 11.9 Å². The van der Waals surface area contributed by atoms with Crippen LogP contribution in [0.5, 0.6) is 5.75 Å². The lowest BCUT2D eigenvalue weighted by Crippen LogP contribution is -2.31. The Bertz CT molecular complexity index is 1470. The van der Waals surface area contributed by atoms with E-state index in [1.54, 1.807) is 55.8 Å². The molecule has 1 N–H and O–H groups in total. The van der Waals surface area contributed by atoms with E-state index in [9.17, 15) is 14.7 Å². The van der Waals surface area contributed by atoms with Crippen molar-refractivity contribution in [3.63, 3.8) is 0 Å². The Balaban J connectivity index is 1.39. The monoisotopic (exact) mass is 511 g/mol. The molecule has 0 aliphatic carbocycles. The van der Waals surface area contributed by atoms with Gasteiger partial charge in [0.1, 0.15) is 35.7 Å². The quantitative estimate of drug-likeness (QED) is 0.189. The number of nitrogens with zero attached hydrogens (tertiary/aromatic N) is 3. The number of aryl methyl sites for hydroxylation is 3. The minimum absolute atomic E-state index is 0.0143. The van der Waals surface area contributed by atoms with E-state index in [4.69, 9.17) is 9.15 Å². The highest BCUT2D eigenvalue weighted by Gasteiger charge is 2.47. The van der Waals surface area contributed by atoms with Crippen molar-refractivity contribution in [1.29, 1.82) is 0 Å². The molecule has 1 saturated heterocycles. The first-order chi connectivity index (χ1) is 18.4. The summed E-state index contributed by atoms with van der Waals surface area (Å²) in [5, 5.41) is 11.3. The molecule has 0 unspecified atom stereocenters. The number of aliphatic hydroxyl groups excluding tert-OH is 1. The van der Waals surface area contributed by atoms with E-state index in [0.717, 1.165) is 11.1 Å². The van der Waals surface area contributed by atoms with E-state index in [1.165, 1.54) is 4.90 Å². The molecule has 0 radical (unpaired) electrons. The Labute approximate surface area is 220 Å². The molecule has 4 aromatic rings. The number of aliphatic hydroxyl groups is 1. The maximum absolute atomic E-state index is 13.2. The number of likely N-dealkylation sites (tertiary alicyclic amines) is 1. The Morgan fingerprint density at radius 1 is 1.05 bits per heavy atom. The molecule has 1 aliphatic rings. The number of ketones is 1. The molecule has 194 valence electrons. The summed E-state index contributed by atoms with van der Waals surface area (Å²) in [6.07, 6.45) is 5.84. The number of rotatable bonds is 9. The second-order valence-corrected chi connectivity index (χ2v) is 9.40. The fourth-order valence-electron chi connectivity index (χ4n) is 4.68. The van der Waals surface area contributed by atoms with Crippen molar-refractivity contribution in [2.24, 2.45) is 0 Å². The van der Waals surface area contributed by atoms with Crippen LogP contribution in [0.15, 0.2) is 89.4 Å². The standard InChI is InChI=1S/C30H29N3O5/c1-20-5-3-6-22(17-20)18-37-24-10-8-23(9-11-24)28(34)26-27(25-12-7-21(2)38-25)33(30(36)29(26)35)15-4-14-32-16-13-31-19-32/h3,5-13,16-17,19,27,34H,4,14-15,18H2,1-2H3/b28-26+/t27-/m0/s1. The van der Waals surface area contributed by atoms with E-state index in [0.29, 0.717) is 49.0 Å². The van der Waals surface area contributed by atoms with Gasteiger partial charge in [0.2, 0.25) is 0 Å². The highest BCUT2D eigenvalue weighted by molar-refractivity contribution is 6.46. The molecule has 1 fully saturated rings. The van der Waals surface area contributed by atoms with Crippen LogP contribution < -0.4 is 4.74 Å². The first-order valence-electron chi connectivity index (χ1n) is 12.5. The van der Waals surface area contributed by atoms with Gasteiger partial charge in [-0.1, -0.05) is 29.8 Å². The molecule has 0 spiro atoms. The lowest BCUT2D eigenvalue weighted by atomic mass is 9.99. The van der Waals surface area contributed by atoms with E-state index >= 15 is 0 Å². The first kappa shape index (κ1) is 25.1. The van der Waals surface area contributed by atoms with Crippen LogP contribution in [0, 0.1) is 13.8 Å². The smallest absolute Gasteiger partial charge is 0.295 e. The van der Waals surface area contributed by atoms with Gasteiger partial charge in [-0.2, -0.15) is 0 Å². The molecule has 5 rings (SSSR count). The normalized spacial score (nSPS) is 16.8. The van der Waals surface area contributed by atoms with E-state index in [2.05, 4.69) is 11.1 Å². The van der Waals surface area contributed by atoms with Crippen LogP contribution in [0.2, 0.25) is 0 Å². The largest absolute Gasteiger partial charge is 0.507 e. The van der Waals surface area contributed by atoms with Crippen molar-refractivity contribution in [3.05, 3.63) is 113 Å². The molecular weight excluding hydrogens is 482 g/mol. The molecule has 0 bridgehead atoms. The summed E-state index contributed by atoms with van der Waals surface area (Å²) >= 11 is 0. The minimum Gasteiger partial charge on any atom is -0.507 e. The van der Waals surface area contributed by atoms with E-state index in [1.807, 2.05) is 35.9 Å².